The number of benzene rings is 2. The fourth-order valence-corrected chi connectivity index (χ4v) is 2.52. The first kappa shape index (κ1) is 15.9. The lowest BCUT2D eigenvalue weighted by molar-refractivity contribution is 0.102. The van der Waals surface area contributed by atoms with Crippen molar-refractivity contribution in [2.24, 2.45) is 0 Å². The van der Waals surface area contributed by atoms with Gasteiger partial charge in [-0.2, -0.15) is 0 Å². The molecular formula is C19H13FN4O2. The predicted molar refractivity (Wildman–Crippen MR) is 94.1 cm³/mol. The van der Waals surface area contributed by atoms with Crippen LogP contribution in [-0.4, -0.2) is 21.1 Å². The maximum atomic E-state index is 13.0. The van der Waals surface area contributed by atoms with E-state index in [1.165, 1.54) is 24.3 Å². The van der Waals surface area contributed by atoms with Gasteiger partial charge >= 0.3 is 6.01 Å². The van der Waals surface area contributed by atoms with Crippen molar-refractivity contribution in [3.63, 3.8) is 0 Å². The molecule has 4 aromatic rings. The molecule has 0 saturated heterocycles. The van der Waals surface area contributed by atoms with Gasteiger partial charge in [-0.1, -0.05) is 11.2 Å². The SMILES string of the molecule is Cc1ccc2cc(C(=O)Nc3nnc(-c4ccc(F)cc4)o3)ccc2n1. The Balaban J connectivity index is 1.55. The summed E-state index contributed by atoms with van der Waals surface area (Å²) in [4.78, 5) is 16.8. The van der Waals surface area contributed by atoms with Crippen molar-refractivity contribution in [2.45, 2.75) is 6.92 Å². The molecule has 128 valence electrons. The number of carbonyl (C=O) groups is 1. The van der Waals surface area contributed by atoms with Crippen molar-refractivity contribution >= 4 is 22.8 Å². The molecular weight excluding hydrogens is 335 g/mol. The Morgan fingerprint density at radius 1 is 1.04 bits per heavy atom. The number of fused-ring (bicyclic) bond motifs is 1. The second-order valence-corrected chi connectivity index (χ2v) is 5.73. The lowest BCUT2D eigenvalue weighted by atomic mass is 10.1. The molecule has 0 spiro atoms. The molecule has 1 amide bonds. The Hall–Kier alpha value is -3.61. The van der Waals surface area contributed by atoms with E-state index in [1.807, 2.05) is 19.1 Å². The third kappa shape index (κ3) is 3.14. The maximum Gasteiger partial charge on any atom is 0.322 e. The number of anilines is 1. The lowest BCUT2D eigenvalue weighted by Gasteiger charge is -2.03. The van der Waals surface area contributed by atoms with E-state index >= 15 is 0 Å². The zero-order chi connectivity index (χ0) is 18.1. The Kier molecular flexibility index (Phi) is 3.89. The summed E-state index contributed by atoms with van der Waals surface area (Å²) in [6, 6.07) is 14.6. The minimum atomic E-state index is -0.373. The van der Waals surface area contributed by atoms with Crippen LogP contribution in [0.4, 0.5) is 10.4 Å². The summed E-state index contributed by atoms with van der Waals surface area (Å²) in [6.07, 6.45) is 0. The molecule has 0 radical (unpaired) electrons. The van der Waals surface area contributed by atoms with Crippen LogP contribution in [-0.2, 0) is 0 Å². The number of rotatable bonds is 3. The third-order valence-electron chi connectivity index (χ3n) is 3.83. The normalized spacial score (nSPS) is 10.8. The molecule has 2 heterocycles. The highest BCUT2D eigenvalue weighted by Crippen LogP contribution is 2.21. The Morgan fingerprint density at radius 2 is 1.85 bits per heavy atom. The van der Waals surface area contributed by atoms with E-state index in [0.29, 0.717) is 11.1 Å². The van der Waals surface area contributed by atoms with Crippen LogP contribution in [0.25, 0.3) is 22.4 Å². The Labute approximate surface area is 147 Å². The number of carbonyl (C=O) groups excluding carboxylic acids is 1. The number of amides is 1. The van der Waals surface area contributed by atoms with Gasteiger partial charge in [0.2, 0.25) is 5.89 Å². The molecule has 0 aliphatic carbocycles. The van der Waals surface area contributed by atoms with E-state index in [2.05, 4.69) is 20.5 Å². The van der Waals surface area contributed by atoms with E-state index in [0.717, 1.165) is 16.6 Å². The van der Waals surface area contributed by atoms with E-state index < -0.39 is 0 Å². The summed E-state index contributed by atoms with van der Waals surface area (Å²) >= 11 is 0. The molecule has 4 rings (SSSR count). The molecule has 6 nitrogen and oxygen atoms in total. The van der Waals surface area contributed by atoms with Gasteiger partial charge in [0, 0.05) is 22.2 Å². The second kappa shape index (κ2) is 6.36. The minimum Gasteiger partial charge on any atom is -0.403 e. The van der Waals surface area contributed by atoms with Crippen LogP contribution in [0.5, 0.6) is 0 Å². The van der Waals surface area contributed by atoms with E-state index in [1.54, 1.807) is 18.2 Å². The van der Waals surface area contributed by atoms with Gasteiger partial charge in [-0.05, 0) is 55.5 Å². The van der Waals surface area contributed by atoms with Crippen molar-refractivity contribution in [1.29, 1.82) is 0 Å². The quantitative estimate of drug-likeness (QED) is 0.605. The molecule has 0 aliphatic heterocycles. The van der Waals surface area contributed by atoms with Crippen LogP contribution in [0.15, 0.2) is 59.0 Å². The van der Waals surface area contributed by atoms with Crippen molar-refractivity contribution in [2.75, 3.05) is 5.32 Å². The minimum absolute atomic E-state index is 0.0311. The van der Waals surface area contributed by atoms with Crippen molar-refractivity contribution in [3.05, 3.63) is 71.7 Å². The summed E-state index contributed by atoms with van der Waals surface area (Å²) in [5.41, 5.74) is 2.74. The van der Waals surface area contributed by atoms with Gasteiger partial charge in [0.05, 0.1) is 5.52 Å². The highest BCUT2D eigenvalue weighted by molar-refractivity contribution is 6.05. The monoisotopic (exact) mass is 348 g/mol. The number of nitrogens with zero attached hydrogens (tertiary/aromatic N) is 3. The van der Waals surface area contributed by atoms with Gasteiger partial charge in [0.1, 0.15) is 5.82 Å². The third-order valence-corrected chi connectivity index (χ3v) is 3.83. The van der Waals surface area contributed by atoms with Gasteiger partial charge in [-0.15, -0.1) is 5.10 Å². The van der Waals surface area contributed by atoms with Crippen molar-refractivity contribution < 1.29 is 13.6 Å². The molecule has 1 N–H and O–H groups in total. The van der Waals surface area contributed by atoms with Crippen LogP contribution < -0.4 is 5.32 Å². The summed E-state index contributed by atoms with van der Waals surface area (Å²) in [7, 11) is 0. The molecule has 2 aromatic carbocycles. The Morgan fingerprint density at radius 3 is 2.65 bits per heavy atom. The highest BCUT2D eigenvalue weighted by atomic mass is 19.1. The average molecular weight is 348 g/mol. The fourth-order valence-electron chi connectivity index (χ4n) is 2.52. The van der Waals surface area contributed by atoms with Crippen LogP contribution >= 0.6 is 0 Å². The number of nitrogens with one attached hydrogen (secondary N) is 1. The second-order valence-electron chi connectivity index (χ2n) is 5.73. The van der Waals surface area contributed by atoms with E-state index in [4.69, 9.17) is 4.42 Å². The zero-order valence-electron chi connectivity index (χ0n) is 13.7. The van der Waals surface area contributed by atoms with Crippen molar-refractivity contribution in [1.82, 2.24) is 15.2 Å². The molecule has 0 unspecified atom stereocenters. The highest BCUT2D eigenvalue weighted by Gasteiger charge is 2.13. The average Bonchev–Trinajstić information content (AvgIpc) is 3.10. The van der Waals surface area contributed by atoms with Gasteiger partial charge in [0.15, 0.2) is 0 Å². The summed E-state index contributed by atoms with van der Waals surface area (Å²) in [5.74, 6) is -0.539. The molecule has 26 heavy (non-hydrogen) atoms. The number of halogens is 1. The molecule has 0 saturated carbocycles. The summed E-state index contributed by atoms with van der Waals surface area (Å²) in [6.45, 7) is 1.91. The molecule has 2 aromatic heterocycles. The maximum absolute atomic E-state index is 13.0. The van der Waals surface area contributed by atoms with Gasteiger partial charge in [0.25, 0.3) is 5.91 Å². The van der Waals surface area contributed by atoms with Crippen LogP contribution in [0.3, 0.4) is 0 Å². The van der Waals surface area contributed by atoms with Crippen LogP contribution in [0.2, 0.25) is 0 Å². The Bertz CT molecular complexity index is 1110. The smallest absolute Gasteiger partial charge is 0.322 e. The molecule has 7 heteroatoms. The largest absolute Gasteiger partial charge is 0.403 e. The topological polar surface area (TPSA) is 80.9 Å². The van der Waals surface area contributed by atoms with Gasteiger partial charge in [-0.3, -0.25) is 15.1 Å². The lowest BCUT2D eigenvalue weighted by Crippen LogP contribution is -2.12. The number of hydrogen-bond donors (Lipinski definition) is 1. The number of hydrogen-bond acceptors (Lipinski definition) is 5. The van der Waals surface area contributed by atoms with E-state index in [-0.39, 0.29) is 23.6 Å². The first-order chi connectivity index (χ1) is 12.6. The zero-order valence-corrected chi connectivity index (χ0v) is 13.7. The predicted octanol–water partition coefficient (Wildman–Crippen LogP) is 3.98. The summed E-state index contributed by atoms with van der Waals surface area (Å²) in [5, 5.41) is 11.1. The van der Waals surface area contributed by atoms with Crippen LogP contribution in [0.1, 0.15) is 16.1 Å². The fraction of sp³-hybridized carbons (Fsp3) is 0.0526. The number of pyridine rings is 1. The first-order valence-corrected chi connectivity index (χ1v) is 7.87. The van der Waals surface area contributed by atoms with Crippen LogP contribution in [0, 0.1) is 12.7 Å². The van der Waals surface area contributed by atoms with Gasteiger partial charge < -0.3 is 4.42 Å². The van der Waals surface area contributed by atoms with Crippen molar-refractivity contribution in [3.8, 4) is 11.5 Å². The van der Waals surface area contributed by atoms with Gasteiger partial charge in [-0.25, -0.2) is 4.39 Å². The first-order valence-electron chi connectivity index (χ1n) is 7.87. The molecule has 0 aliphatic rings. The molecule has 0 fully saturated rings. The number of aryl methyl sites for hydroxylation is 1. The standard InChI is InChI=1S/C19H13FN4O2/c1-11-2-3-13-10-14(6-9-16(13)21-11)17(25)22-19-24-23-18(26-19)12-4-7-15(20)8-5-12/h2-10H,1H3,(H,22,24,25). The molecule has 0 bridgehead atoms. The van der Waals surface area contributed by atoms with E-state index in [9.17, 15) is 9.18 Å². The number of aromatic nitrogens is 3. The summed E-state index contributed by atoms with van der Waals surface area (Å²) < 4.78 is 18.4. The molecule has 0 atom stereocenters.